The highest BCUT2D eigenvalue weighted by Gasteiger charge is 2.25. The van der Waals surface area contributed by atoms with Crippen LogP contribution in [-0.4, -0.2) is 58.6 Å². The summed E-state index contributed by atoms with van der Waals surface area (Å²) in [6, 6.07) is 9.07. The molecule has 1 saturated heterocycles. The molecule has 1 aliphatic rings. The van der Waals surface area contributed by atoms with Gasteiger partial charge in [-0.05, 0) is 31.2 Å². The molecule has 8 nitrogen and oxygen atoms in total. The minimum Gasteiger partial charge on any atom is -0.468 e. The Balaban J connectivity index is 1.60. The number of ether oxygens (including phenoxy) is 1. The van der Waals surface area contributed by atoms with E-state index in [9.17, 15) is 13.2 Å². The molecule has 158 valence electrons. The molecule has 2 aromatic rings. The van der Waals surface area contributed by atoms with E-state index in [1.54, 1.807) is 36.4 Å². The molecule has 0 aliphatic carbocycles. The molecule has 0 bridgehead atoms. The van der Waals surface area contributed by atoms with Crippen molar-refractivity contribution in [3.05, 3.63) is 54.0 Å². The number of nitrogens with zero attached hydrogens (tertiary/aromatic N) is 1. The van der Waals surface area contributed by atoms with Crippen LogP contribution in [0.1, 0.15) is 23.8 Å². The van der Waals surface area contributed by atoms with Gasteiger partial charge in [0.05, 0.1) is 36.8 Å². The average Bonchev–Trinajstić information content (AvgIpc) is 3.23. The number of carbonyl (C=O) groups is 1. The molecule has 3 rings (SSSR count). The van der Waals surface area contributed by atoms with Crippen LogP contribution in [0, 0.1) is 6.92 Å². The van der Waals surface area contributed by atoms with E-state index >= 15 is 0 Å². The molecule has 0 saturated carbocycles. The molecule has 29 heavy (non-hydrogen) atoms. The molecule has 9 heteroatoms. The Morgan fingerprint density at radius 2 is 1.90 bits per heavy atom. The fourth-order valence-corrected chi connectivity index (χ4v) is 4.30. The SMILES string of the molecule is Cc1ccc(S(=O)(=O)NC(CC(=O)NCCN2CCOCC2)c2ccco2)cc1. The third-order valence-corrected chi connectivity index (χ3v) is 6.25. The van der Waals surface area contributed by atoms with E-state index in [-0.39, 0.29) is 17.2 Å². The van der Waals surface area contributed by atoms with Gasteiger partial charge in [-0.25, -0.2) is 8.42 Å². The van der Waals surface area contributed by atoms with Crippen molar-refractivity contribution in [1.29, 1.82) is 0 Å². The first kappa shape index (κ1) is 21.5. The number of rotatable bonds is 9. The Kier molecular flexibility index (Phi) is 7.43. The van der Waals surface area contributed by atoms with Gasteiger partial charge in [-0.1, -0.05) is 17.7 Å². The number of hydrogen-bond donors (Lipinski definition) is 2. The van der Waals surface area contributed by atoms with Gasteiger partial charge < -0.3 is 14.5 Å². The van der Waals surface area contributed by atoms with Crippen molar-refractivity contribution in [2.24, 2.45) is 0 Å². The number of nitrogens with one attached hydrogen (secondary N) is 2. The van der Waals surface area contributed by atoms with E-state index in [2.05, 4.69) is 14.9 Å². The summed E-state index contributed by atoms with van der Waals surface area (Å²) in [6.07, 6.45) is 1.40. The summed E-state index contributed by atoms with van der Waals surface area (Å²) in [4.78, 5) is 14.8. The molecule has 1 aliphatic heterocycles. The second kappa shape index (κ2) is 10.0. The second-order valence-electron chi connectivity index (χ2n) is 7.01. The summed E-state index contributed by atoms with van der Waals surface area (Å²) in [7, 11) is -3.80. The highest BCUT2D eigenvalue weighted by molar-refractivity contribution is 7.89. The highest BCUT2D eigenvalue weighted by Crippen LogP contribution is 2.21. The maximum atomic E-state index is 12.7. The molecule has 0 spiro atoms. The zero-order chi connectivity index (χ0) is 20.7. The zero-order valence-corrected chi connectivity index (χ0v) is 17.3. The summed E-state index contributed by atoms with van der Waals surface area (Å²) >= 11 is 0. The third kappa shape index (κ3) is 6.40. The summed E-state index contributed by atoms with van der Waals surface area (Å²) in [5.74, 6) is 0.148. The van der Waals surface area contributed by atoms with Gasteiger partial charge in [-0.2, -0.15) is 4.72 Å². The van der Waals surface area contributed by atoms with Crippen molar-refractivity contribution in [3.8, 4) is 0 Å². The first-order valence-electron chi connectivity index (χ1n) is 9.63. The Labute approximate surface area is 171 Å². The first-order chi connectivity index (χ1) is 13.9. The van der Waals surface area contributed by atoms with Crippen LogP contribution in [0.3, 0.4) is 0 Å². The number of morpholine rings is 1. The van der Waals surface area contributed by atoms with Crippen molar-refractivity contribution in [2.45, 2.75) is 24.3 Å². The van der Waals surface area contributed by atoms with Crippen LogP contribution < -0.4 is 10.0 Å². The lowest BCUT2D eigenvalue weighted by Crippen LogP contribution is -2.42. The van der Waals surface area contributed by atoms with Gasteiger partial charge in [0, 0.05) is 26.2 Å². The van der Waals surface area contributed by atoms with Crippen molar-refractivity contribution < 1.29 is 22.4 Å². The Morgan fingerprint density at radius 1 is 1.17 bits per heavy atom. The molecule has 1 amide bonds. The van der Waals surface area contributed by atoms with E-state index in [1.807, 2.05) is 6.92 Å². The second-order valence-corrected chi connectivity index (χ2v) is 8.72. The van der Waals surface area contributed by atoms with E-state index in [0.29, 0.717) is 25.5 Å². The summed E-state index contributed by atoms with van der Waals surface area (Å²) < 4.78 is 38.8. The van der Waals surface area contributed by atoms with Crippen LogP contribution in [0.15, 0.2) is 52.0 Å². The van der Waals surface area contributed by atoms with Crippen molar-refractivity contribution in [3.63, 3.8) is 0 Å². The Morgan fingerprint density at radius 3 is 2.55 bits per heavy atom. The molecule has 1 aromatic carbocycles. The van der Waals surface area contributed by atoms with Gasteiger partial charge in [0.25, 0.3) is 0 Å². The van der Waals surface area contributed by atoms with Crippen LogP contribution in [0.5, 0.6) is 0 Å². The lowest BCUT2D eigenvalue weighted by Gasteiger charge is -2.26. The normalized spacial score (nSPS) is 16.4. The highest BCUT2D eigenvalue weighted by atomic mass is 32.2. The van der Waals surface area contributed by atoms with Crippen LogP contribution in [0.25, 0.3) is 0 Å². The maximum Gasteiger partial charge on any atom is 0.241 e. The molecule has 1 atom stereocenters. The largest absolute Gasteiger partial charge is 0.468 e. The monoisotopic (exact) mass is 421 g/mol. The summed E-state index contributed by atoms with van der Waals surface area (Å²) in [6.45, 7) is 6.22. The third-order valence-electron chi connectivity index (χ3n) is 4.76. The Hall–Kier alpha value is -2.20. The fourth-order valence-electron chi connectivity index (χ4n) is 3.10. The number of benzene rings is 1. The molecule has 2 heterocycles. The van der Waals surface area contributed by atoms with Crippen LogP contribution in [0.4, 0.5) is 0 Å². The van der Waals surface area contributed by atoms with E-state index in [0.717, 1.165) is 25.2 Å². The van der Waals surface area contributed by atoms with Gasteiger partial charge in [0.15, 0.2) is 0 Å². The first-order valence-corrected chi connectivity index (χ1v) is 11.1. The van der Waals surface area contributed by atoms with E-state index < -0.39 is 16.1 Å². The van der Waals surface area contributed by atoms with Gasteiger partial charge in [0.2, 0.25) is 15.9 Å². The van der Waals surface area contributed by atoms with Gasteiger partial charge in [-0.3, -0.25) is 9.69 Å². The predicted molar refractivity (Wildman–Crippen MR) is 108 cm³/mol. The lowest BCUT2D eigenvalue weighted by atomic mass is 10.1. The van der Waals surface area contributed by atoms with Crippen LogP contribution in [-0.2, 0) is 19.6 Å². The maximum absolute atomic E-state index is 12.7. The van der Waals surface area contributed by atoms with Crippen molar-refractivity contribution >= 4 is 15.9 Å². The number of hydrogen-bond acceptors (Lipinski definition) is 6. The Bertz CT molecular complexity index is 875. The number of furan rings is 1. The van der Waals surface area contributed by atoms with Crippen molar-refractivity contribution in [1.82, 2.24) is 14.9 Å². The topological polar surface area (TPSA) is 101 Å². The number of aryl methyl sites for hydroxylation is 1. The minimum atomic E-state index is -3.80. The molecule has 0 radical (unpaired) electrons. The smallest absolute Gasteiger partial charge is 0.241 e. The van der Waals surface area contributed by atoms with E-state index in [4.69, 9.17) is 9.15 Å². The lowest BCUT2D eigenvalue weighted by molar-refractivity contribution is -0.121. The molecular formula is C20H27N3O5S. The molecule has 1 unspecified atom stereocenters. The van der Waals surface area contributed by atoms with E-state index in [1.165, 1.54) is 6.26 Å². The van der Waals surface area contributed by atoms with Gasteiger partial charge in [-0.15, -0.1) is 0 Å². The number of sulfonamides is 1. The summed E-state index contributed by atoms with van der Waals surface area (Å²) in [5.41, 5.74) is 0.964. The van der Waals surface area contributed by atoms with Crippen LogP contribution in [0.2, 0.25) is 0 Å². The van der Waals surface area contributed by atoms with Crippen molar-refractivity contribution in [2.75, 3.05) is 39.4 Å². The molecule has 1 aromatic heterocycles. The molecular weight excluding hydrogens is 394 g/mol. The number of amides is 1. The standard InChI is InChI=1S/C20H27N3O5S/c1-16-4-6-17(7-5-16)29(25,26)22-18(19-3-2-12-28-19)15-20(24)21-8-9-23-10-13-27-14-11-23/h2-7,12,18,22H,8-11,13-15H2,1H3,(H,21,24). The fraction of sp³-hybridized carbons (Fsp3) is 0.450. The molecule has 1 fully saturated rings. The minimum absolute atomic E-state index is 0.0539. The summed E-state index contributed by atoms with van der Waals surface area (Å²) in [5, 5.41) is 2.86. The van der Waals surface area contributed by atoms with Crippen LogP contribution >= 0.6 is 0 Å². The predicted octanol–water partition coefficient (Wildman–Crippen LogP) is 1.45. The molecule has 2 N–H and O–H groups in total. The zero-order valence-electron chi connectivity index (χ0n) is 16.5. The quantitative estimate of drug-likeness (QED) is 0.636. The van der Waals surface area contributed by atoms with Gasteiger partial charge >= 0.3 is 0 Å². The number of carbonyl (C=O) groups excluding carboxylic acids is 1. The average molecular weight is 422 g/mol. The van der Waals surface area contributed by atoms with Gasteiger partial charge in [0.1, 0.15) is 5.76 Å².